The number of carboxylic acids is 1. The molecule has 0 spiro atoms. The van der Waals surface area contributed by atoms with E-state index in [1.54, 1.807) is 7.11 Å². The molecule has 0 saturated carbocycles. The Morgan fingerprint density at radius 3 is 3.04 bits per heavy atom. The van der Waals surface area contributed by atoms with E-state index in [-0.39, 0.29) is 24.2 Å². The molecule has 7 heteroatoms. The van der Waals surface area contributed by atoms with E-state index in [4.69, 9.17) is 9.84 Å². The average Bonchev–Trinajstić information content (AvgIpc) is 3.14. The van der Waals surface area contributed by atoms with Gasteiger partial charge in [-0.25, -0.2) is 9.78 Å². The second-order valence-corrected chi connectivity index (χ2v) is 5.40. The van der Waals surface area contributed by atoms with Crippen LogP contribution in [0.25, 0.3) is 0 Å². The van der Waals surface area contributed by atoms with Crippen LogP contribution in [0.2, 0.25) is 0 Å². The SMILES string of the molecule is COc1cccc2c1CCC2NC(=O)Cn1cncc1C(=O)O. The molecule has 1 heterocycles. The molecule has 1 unspecified atom stereocenters. The van der Waals surface area contributed by atoms with E-state index in [0.29, 0.717) is 0 Å². The predicted octanol–water partition coefficient (Wildman–Crippen LogP) is 1.39. The summed E-state index contributed by atoms with van der Waals surface area (Å²) in [6.07, 6.45) is 4.22. The number of hydrogen-bond acceptors (Lipinski definition) is 4. The number of hydrogen-bond donors (Lipinski definition) is 2. The van der Waals surface area contributed by atoms with Crippen molar-refractivity contribution in [2.45, 2.75) is 25.4 Å². The summed E-state index contributed by atoms with van der Waals surface area (Å²) in [6, 6.07) is 5.72. The van der Waals surface area contributed by atoms with E-state index in [1.165, 1.54) is 17.1 Å². The van der Waals surface area contributed by atoms with Crippen molar-refractivity contribution in [2.24, 2.45) is 0 Å². The van der Waals surface area contributed by atoms with Crippen molar-refractivity contribution in [3.05, 3.63) is 47.5 Å². The predicted molar refractivity (Wildman–Crippen MR) is 81.4 cm³/mol. The third kappa shape index (κ3) is 2.90. The average molecular weight is 315 g/mol. The Bertz CT molecular complexity index is 754. The minimum Gasteiger partial charge on any atom is -0.496 e. The van der Waals surface area contributed by atoms with E-state index < -0.39 is 5.97 Å². The first kappa shape index (κ1) is 15.1. The Morgan fingerprint density at radius 2 is 2.30 bits per heavy atom. The fourth-order valence-electron chi connectivity index (χ4n) is 2.98. The van der Waals surface area contributed by atoms with Gasteiger partial charge in [-0.15, -0.1) is 0 Å². The molecule has 23 heavy (non-hydrogen) atoms. The summed E-state index contributed by atoms with van der Waals surface area (Å²) in [5.41, 5.74) is 2.17. The number of aromatic carboxylic acids is 1. The Balaban J connectivity index is 1.71. The smallest absolute Gasteiger partial charge is 0.354 e. The Labute approximate surface area is 132 Å². The van der Waals surface area contributed by atoms with Crippen LogP contribution >= 0.6 is 0 Å². The molecule has 2 N–H and O–H groups in total. The third-order valence-electron chi connectivity index (χ3n) is 4.03. The van der Waals surface area contributed by atoms with Gasteiger partial charge in [0.1, 0.15) is 18.0 Å². The number of amides is 1. The van der Waals surface area contributed by atoms with Gasteiger partial charge in [0.15, 0.2) is 0 Å². The van der Waals surface area contributed by atoms with Crippen LogP contribution in [0.5, 0.6) is 5.75 Å². The van der Waals surface area contributed by atoms with Crippen molar-refractivity contribution in [1.82, 2.24) is 14.9 Å². The maximum absolute atomic E-state index is 12.2. The molecule has 0 fully saturated rings. The van der Waals surface area contributed by atoms with Gasteiger partial charge in [0.25, 0.3) is 0 Å². The number of imidazole rings is 1. The van der Waals surface area contributed by atoms with Crippen LogP contribution in [0.1, 0.15) is 34.1 Å². The molecule has 0 aliphatic heterocycles. The van der Waals surface area contributed by atoms with Crippen molar-refractivity contribution in [1.29, 1.82) is 0 Å². The molecule has 0 bridgehead atoms. The highest BCUT2D eigenvalue weighted by atomic mass is 16.5. The molecule has 0 saturated heterocycles. The van der Waals surface area contributed by atoms with Crippen LogP contribution in [0.3, 0.4) is 0 Å². The highest BCUT2D eigenvalue weighted by molar-refractivity contribution is 5.86. The monoisotopic (exact) mass is 315 g/mol. The molecular formula is C16H17N3O4. The zero-order valence-corrected chi connectivity index (χ0v) is 12.7. The zero-order valence-electron chi connectivity index (χ0n) is 12.7. The standard InChI is InChI=1S/C16H17N3O4/c1-23-14-4-2-3-10-11(14)5-6-12(10)18-15(20)8-19-9-17-7-13(19)16(21)22/h2-4,7,9,12H,5-6,8H2,1H3,(H,18,20)(H,21,22). The molecule has 1 atom stereocenters. The minimum absolute atomic E-state index is 0.00589. The molecule has 7 nitrogen and oxygen atoms in total. The van der Waals surface area contributed by atoms with E-state index >= 15 is 0 Å². The van der Waals surface area contributed by atoms with Crippen molar-refractivity contribution < 1.29 is 19.4 Å². The maximum atomic E-state index is 12.2. The van der Waals surface area contributed by atoms with E-state index in [1.807, 2.05) is 18.2 Å². The lowest BCUT2D eigenvalue weighted by Gasteiger charge is -2.15. The topological polar surface area (TPSA) is 93.5 Å². The fourth-order valence-corrected chi connectivity index (χ4v) is 2.98. The number of ether oxygens (including phenoxy) is 1. The van der Waals surface area contributed by atoms with Crippen LogP contribution in [-0.4, -0.2) is 33.6 Å². The number of methoxy groups -OCH3 is 1. The van der Waals surface area contributed by atoms with Gasteiger partial charge in [-0.05, 0) is 30.0 Å². The Morgan fingerprint density at radius 1 is 1.48 bits per heavy atom. The number of aromatic nitrogens is 2. The summed E-state index contributed by atoms with van der Waals surface area (Å²) < 4.78 is 6.67. The highest BCUT2D eigenvalue weighted by Gasteiger charge is 2.26. The molecule has 1 aliphatic rings. The molecular weight excluding hydrogens is 298 g/mol. The van der Waals surface area contributed by atoms with Gasteiger partial charge in [-0.2, -0.15) is 0 Å². The molecule has 1 amide bonds. The molecule has 3 rings (SSSR count). The first-order chi connectivity index (χ1) is 11.1. The number of carboxylic acid groups (broad SMARTS) is 1. The van der Waals surface area contributed by atoms with Gasteiger partial charge >= 0.3 is 5.97 Å². The van der Waals surface area contributed by atoms with Crippen LogP contribution in [-0.2, 0) is 17.8 Å². The lowest BCUT2D eigenvalue weighted by atomic mass is 10.1. The van der Waals surface area contributed by atoms with Gasteiger partial charge in [0.2, 0.25) is 5.91 Å². The van der Waals surface area contributed by atoms with Crippen LogP contribution in [0.15, 0.2) is 30.7 Å². The molecule has 1 aromatic carbocycles. The summed E-state index contributed by atoms with van der Waals surface area (Å²) in [5.74, 6) is -0.514. The van der Waals surface area contributed by atoms with Crippen molar-refractivity contribution >= 4 is 11.9 Å². The maximum Gasteiger partial charge on any atom is 0.354 e. The van der Waals surface area contributed by atoms with E-state index in [0.717, 1.165) is 29.7 Å². The number of nitrogens with zero attached hydrogens (tertiary/aromatic N) is 2. The van der Waals surface area contributed by atoms with Crippen molar-refractivity contribution in [2.75, 3.05) is 7.11 Å². The first-order valence-corrected chi connectivity index (χ1v) is 7.28. The Hall–Kier alpha value is -2.83. The lowest BCUT2D eigenvalue weighted by Crippen LogP contribution is -2.31. The number of carbonyl (C=O) groups is 2. The second-order valence-electron chi connectivity index (χ2n) is 5.40. The number of nitrogens with one attached hydrogen (secondary N) is 1. The van der Waals surface area contributed by atoms with Crippen molar-refractivity contribution in [3.8, 4) is 5.75 Å². The zero-order chi connectivity index (χ0) is 16.4. The summed E-state index contributed by atoms with van der Waals surface area (Å²) >= 11 is 0. The van der Waals surface area contributed by atoms with Crippen LogP contribution in [0.4, 0.5) is 0 Å². The van der Waals surface area contributed by atoms with Crippen LogP contribution < -0.4 is 10.1 Å². The number of rotatable bonds is 5. The fraction of sp³-hybridized carbons (Fsp3) is 0.312. The first-order valence-electron chi connectivity index (χ1n) is 7.28. The molecule has 1 aliphatic carbocycles. The van der Waals surface area contributed by atoms with Gasteiger partial charge in [0, 0.05) is 0 Å². The highest BCUT2D eigenvalue weighted by Crippen LogP contribution is 2.36. The van der Waals surface area contributed by atoms with Crippen molar-refractivity contribution in [3.63, 3.8) is 0 Å². The normalized spacial score (nSPS) is 16.0. The lowest BCUT2D eigenvalue weighted by molar-refractivity contribution is -0.122. The molecule has 120 valence electrons. The second kappa shape index (κ2) is 6.12. The van der Waals surface area contributed by atoms with Gasteiger partial charge < -0.3 is 19.7 Å². The summed E-state index contributed by atoms with van der Waals surface area (Å²) in [5, 5.41) is 12.0. The number of carbonyl (C=O) groups excluding carboxylic acids is 1. The molecule has 1 aromatic heterocycles. The molecule has 0 radical (unpaired) electrons. The van der Waals surface area contributed by atoms with Crippen LogP contribution in [0, 0.1) is 0 Å². The van der Waals surface area contributed by atoms with Gasteiger partial charge in [0.05, 0.1) is 25.7 Å². The van der Waals surface area contributed by atoms with E-state index in [9.17, 15) is 9.59 Å². The Kier molecular flexibility index (Phi) is 4.01. The minimum atomic E-state index is -1.11. The number of benzene rings is 1. The molecule has 2 aromatic rings. The summed E-state index contributed by atoms with van der Waals surface area (Å²) in [4.78, 5) is 27.0. The van der Waals surface area contributed by atoms with E-state index in [2.05, 4.69) is 10.3 Å². The quantitative estimate of drug-likeness (QED) is 0.870. The summed E-state index contributed by atoms with van der Waals surface area (Å²) in [7, 11) is 1.63. The summed E-state index contributed by atoms with van der Waals surface area (Å²) in [6.45, 7) is -0.0720. The van der Waals surface area contributed by atoms with Gasteiger partial charge in [-0.3, -0.25) is 4.79 Å². The number of fused-ring (bicyclic) bond motifs is 1. The third-order valence-corrected chi connectivity index (χ3v) is 4.03. The van der Waals surface area contributed by atoms with Gasteiger partial charge in [-0.1, -0.05) is 12.1 Å². The largest absolute Gasteiger partial charge is 0.496 e.